The summed E-state index contributed by atoms with van der Waals surface area (Å²) < 4.78 is 11.8. The van der Waals surface area contributed by atoms with Gasteiger partial charge in [-0.3, -0.25) is 4.79 Å². The maximum absolute atomic E-state index is 12.4. The minimum Gasteiger partial charge on any atom is -0.489 e. The molecule has 1 amide bonds. The summed E-state index contributed by atoms with van der Waals surface area (Å²) in [7, 11) is 0. The Morgan fingerprint density at radius 1 is 1.12 bits per heavy atom. The van der Waals surface area contributed by atoms with Crippen LogP contribution in [0.1, 0.15) is 33.2 Å². The van der Waals surface area contributed by atoms with E-state index in [1.165, 1.54) is 17.5 Å². The fourth-order valence-corrected chi connectivity index (χ4v) is 4.52. The van der Waals surface area contributed by atoms with Crippen LogP contribution in [0.25, 0.3) is 10.1 Å². The number of anilines is 1. The minimum absolute atomic E-state index is 0.198. The Kier molecular flexibility index (Phi) is 6.68. The van der Waals surface area contributed by atoms with Crippen LogP contribution in [0.3, 0.4) is 0 Å². The largest absolute Gasteiger partial charge is 0.489 e. The normalized spacial score (nSPS) is 10.7. The number of fused-ring (bicyclic) bond motifs is 1. The van der Waals surface area contributed by atoms with Crippen LogP contribution in [0.5, 0.6) is 5.75 Å². The van der Waals surface area contributed by atoms with Crippen LogP contribution in [0, 0.1) is 0 Å². The number of nitrogens with one attached hydrogen (secondary N) is 1. The van der Waals surface area contributed by atoms with Crippen molar-refractivity contribution in [1.29, 1.82) is 0 Å². The summed E-state index contributed by atoms with van der Waals surface area (Å²) in [6, 6.07) is 16.1. The standard InChI is InChI=1S/C24H19ClN2O4S/c1-2-30-24(29)19-12-26-22(25)20-16(14-32-21(19)20)13-31-18-10-6-9-17(11-18)27-23(28)15-7-4-3-5-8-15/h3-12,14H,2,13H2,1H3,(H,27,28). The van der Waals surface area contributed by atoms with Crippen molar-refractivity contribution in [2.45, 2.75) is 13.5 Å². The van der Waals surface area contributed by atoms with Crippen molar-refractivity contribution in [1.82, 2.24) is 4.98 Å². The van der Waals surface area contributed by atoms with Gasteiger partial charge < -0.3 is 14.8 Å². The highest BCUT2D eigenvalue weighted by Gasteiger charge is 2.18. The van der Waals surface area contributed by atoms with Gasteiger partial charge in [-0.2, -0.15) is 0 Å². The van der Waals surface area contributed by atoms with Crippen LogP contribution in [0.4, 0.5) is 5.69 Å². The summed E-state index contributed by atoms with van der Waals surface area (Å²) in [4.78, 5) is 28.7. The molecule has 0 spiro atoms. The van der Waals surface area contributed by atoms with Crippen LogP contribution < -0.4 is 10.1 Å². The van der Waals surface area contributed by atoms with Gasteiger partial charge in [0.15, 0.2) is 0 Å². The Hall–Kier alpha value is -3.42. The summed E-state index contributed by atoms with van der Waals surface area (Å²) in [6.07, 6.45) is 1.43. The number of amides is 1. The van der Waals surface area contributed by atoms with Gasteiger partial charge in [0.25, 0.3) is 5.91 Å². The molecule has 8 heteroatoms. The maximum atomic E-state index is 12.4. The first kappa shape index (κ1) is 21.8. The minimum atomic E-state index is -0.433. The molecule has 0 radical (unpaired) electrons. The molecule has 0 atom stereocenters. The lowest BCUT2D eigenvalue weighted by Gasteiger charge is -2.10. The van der Waals surface area contributed by atoms with Crippen molar-refractivity contribution in [3.05, 3.63) is 88.0 Å². The highest BCUT2D eigenvalue weighted by atomic mass is 35.5. The molecule has 0 aliphatic rings. The van der Waals surface area contributed by atoms with E-state index in [-0.39, 0.29) is 19.1 Å². The zero-order valence-electron chi connectivity index (χ0n) is 17.1. The van der Waals surface area contributed by atoms with Gasteiger partial charge in [0.2, 0.25) is 0 Å². The third-order valence-corrected chi connectivity index (χ3v) is 5.99. The Morgan fingerprint density at radius 3 is 2.72 bits per heavy atom. The predicted molar refractivity (Wildman–Crippen MR) is 126 cm³/mol. The maximum Gasteiger partial charge on any atom is 0.341 e. The molecule has 4 rings (SSSR count). The smallest absolute Gasteiger partial charge is 0.341 e. The van der Waals surface area contributed by atoms with Gasteiger partial charge in [-0.15, -0.1) is 11.3 Å². The molecule has 162 valence electrons. The fraction of sp³-hybridized carbons (Fsp3) is 0.125. The molecular formula is C24H19ClN2O4S. The molecule has 0 fully saturated rings. The number of thiophene rings is 1. The molecule has 2 aromatic heterocycles. The zero-order valence-corrected chi connectivity index (χ0v) is 18.7. The Balaban J connectivity index is 1.50. The number of esters is 1. The fourth-order valence-electron chi connectivity index (χ4n) is 3.14. The molecule has 2 heterocycles. The second kappa shape index (κ2) is 9.80. The van der Waals surface area contributed by atoms with Crippen molar-refractivity contribution in [2.24, 2.45) is 0 Å². The monoisotopic (exact) mass is 466 g/mol. The molecule has 32 heavy (non-hydrogen) atoms. The summed E-state index contributed by atoms with van der Waals surface area (Å²) in [5, 5.41) is 5.73. The van der Waals surface area contributed by atoms with E-state index in [1.54, 1.807) is 43.3 Å². The van der Waals surface area contributed by atoms with Gasteiger partial charge in [0.05, 0.1) is 16.9 Å². The molecule has 0 bridgehead atoms. The van der Waals surface area contributed by atoms with Crippen molar-refractivity contribution in [3.63, 3.8) is 0 Å². The molecule has 0 aliphatic heterocycles. The molecule has 4 aromatic rings. The van der Waals surface area contributed by atoms with Gasteiger partial charge in [0, 0.05) is 34.5 Å². The van der Waals surface area contributed by atoms with E-state index in [2.05, 4.69) is 10.3 Å². The number of halogens is 1. The lowest BCUT2D eigenvalue weighted by molar-refractivity contribution is 0.0528. The van der Waals surface area contributed by atoms with Gasteiger partial charge in [-0.05, 0) is 36.6 Å². The average molecular weight is 467 g/mol. The number of ether oxygens (including phenoxy) is 2. The van der Waals surface area contributed by atoms with Gasteiger partial charge in [-0.1, -0.05) is 35.9 Å². The van der Waals surface area contributed by atoms with E-state index in [4.69, 9.17) is 21.1 Å². The number of aromatic nitrogens is 1. The first-order valence-corrected chi connectivity index (χ1v) is 11.1. The SMILES string of the molecule is CCOC(=O)c1cnc(Cl)c2c(COc3cccc(NC(=O)c4ccccc4)c3)csc12. The van der Waals surface area contributed by atoms with Crippen LogP contribution in [-0.2, 0) is 11.3 Å². The summed E-state index contributed by atoms with van der Waals surface area (Å²) >= 11 is 7.71. The highest BCUT2D eigenvalue weighted by Crippen LogP contribution is 2.34. The highest BCUT2D eigenvalue weighted by molar-refractivity contribution is 7.17. The van der Waals surface area contributed by atoms with E-state index in [9.17, 15) is 9.59 Å². The number of carbonyl (C=O) groups excluding carboxylic acids is 2. The molecule has 6 nitrogen and oxygen atoms in total. The van der Waals surface area contributed by atoms with E-state index in [0.717, 1.165) is 5.56 Å². The number of pyridine rings is 1. The van der Waals surface area contributed by atoms with Crippen LogP contribution >= 0.6 is 22.9 Å². The first-order valence-electron chi connectivity index (χ1n) is 9.87. The number of carbonyl (C=O) groups is 2. The number of rotatable bonds is 7. The van der Waals surface area contributed by atoms with E-state index in [1.807, 2.05) is 23.6 Å². The second-order valence-electron chi connectivity index (χ2n) is 6.78. The Labute approximate surface area is 193 Å². The number of hydrogen-bond donors (Lipinski definition) is 1. The first-order chi connectivity index (χ1) is 15.6. The van der Waals surface area contributed by atoms with Crippen LogP contribution in [-0.4, -0.2) is 23.5 Å². The van der Waals surface area contributed by atoms with Crippen molar-refractivity contribution in [2.75, 3.05) is 11.9 Å². The number of hydrogen-bond acceptors (Lipinski definition) is 6. The second-order valence-corrected chi connectivity index (χ2v) is 8.02. The number of benzene rings is 2. The molecular weight excluding hydrogens is 448 g/mol. The third-order valence-electron chi connectivity index (χ3n) is 4.64. The lowest BCUT2D eigenvalue weighted by Crippen LogP contribution is -2.11. The molecule has 2 aromatic carbocycles. The predicted octanol–water partition coefficient (Wildman–Crippen LogP) is 5.96. The van der Waals surface area contributed by atoms with Gasteiger partial charge in [-0.25, -0.2) is 9.78 Å². The Bertz CT molecular complexity index is 1270. The molecule has 0 unspecified atom stereocenters. The summed E-state index contributed by atoms with van der Waals surface area (Å²) in [6.45, 7) is 2.26. The zero-order chi connectivity index (χ0) is 22.5. The molecule has 0 saturated carbocycles. The summed E-state index contributed by atoms with van der Waals surface area (Å²) in [5.41, 5.74) is 2.39. The van der Waals surface area contributed by atoms with Crippen LogP contribution in [0.2, 0.25) is 5.15 Å². The van der Waals surface area contributed by atoms with E-state index in [0.29, 0.717) is 37.8 Å². The van der Waals surface area contributed by atoms with Gasteiger partial charge >= 0.3 is 5.97 Å². The lowest BCUT2D eigenvalue weighted by atomic mass is 10.2. The van der Waals surface area contributed by atoms with E-state index < -0.39 is 5.97 Å². The molecule has 0 aliphatic carbocycles. The topological polar surface area (TPSA) is 77.5 Å². The Morgan fingerprint density at radius 2 is 1.94 bits per heavy atom. The molecule has 1 N–H and O–H groups in total. The van der Waals surface area contributed by atoms with Crippen molar-refractivity contribution in [3.8, 4) is 5.75 Å². The third kappa shape index (κ3) is 4.74. The summed E-state index contributed by atoms with van der Waals surface area (Å²) in [5.74, 6) is -0.0467. The number of nitrogens with zero attached hydrogens (tertiary/aromatic N) is 1. The van der Waals surface area contributed by atoms with Crippen molar-refractivity contribution < 1.29 is 19.1 Å². The van der Waals surface area contributed by atoms with Crippen LogP contribution in [0.15, 0.2) is 66.2 Å². The van der Waals surface area contributed by atoms with Crippen molar-refractivity contribution >= 4 is 50.6 Å². The average Bonchev–Trinajstić information content (AvgIpc) is 3.24. The van der Waals surface area contributed by atoms with Gasteiger partial charge in [0.1, 0.15) is 17.5 Å². The molecule has 0 saturated heterocycles. The quantitative estimate of drug-likeness (QED) is 0.268. The van der Waals surface area contributed by atoms with E-state index >= 15 is 0 Å².